The Labute approximate surface area is 110 Å². The maximum Gasteiger partial charge on any atom is 0.323 e. The van der Waals surface area contributed by atoms with Crippen LogP contribution in [0.2, 0.25) is 0 Å². The number of hydrogen-bond acceptors (Lipinski definition) is 5. The summed E-state index contributed by atoms with van der Waals surface area (Å²) >= 11 is 0. The highest BCUT2D eigenvalue weighted by Gasteiger charge is 2.21. The van der Waals surface area contributed by atoms with Gasteiger partial charge in [-0.05, 0) is 47.1 Å². The van der Waals surface area contributed by atoms with Crippen LogP contribution in [0.3, 0.4) is 0 Å². The highest BCUT2D eigenvalue weighted by atomic mass is 16.6. The first kappa shape index (κ1) is 17.4. The predicted molar refractivity (Wildman–Crippen MR) is 71.9 cm³/mol. The van der Waals surface area contributed by atoms with Gasteiger partial charge >= 0.3 is 5.97 Å². The largest absolute Gasteiger partial charge is 0.459 e. The minimum atomic E-state index is -0.575. The summed E-state index contributed by atoms with van der Waals surface area (Å²) in [5, 5.41) is 12.0. The highest BCUT2D eigenvalue weighted by Crippen LogP contribution is 2.10. The second-order valence-electron chi connectivity index (χ2n) is 5.49. The maximum absolute atomic E-state index is 11.6. The summed E-state index contributed by atoms with van der Waals surface area (Å²) in [4.78, 5) is 11.6. The van der Waals surface area contributed by atoms with Crippen molar-refractivity contribution in [1.29, 1.82) is 0 Å². The molecule has 0 saturated heterocycles. The highest BCUT2D eigenvalue weighted by molar-refractivity contribution is 5.75. The molecule has 0 fully saturated rings. The lowest BCUT2D eigenvalue weighted by atomic mass is 10.1. The normalized spacial score (nSPS) is 15.2. The second kappa shape index (κ2) is 8.45. The van der Waals surface area contributed by atoms with Crippen LogP contribution in [-0.4, -0.2) is 41.9 Å². The molecule has 5 nitrogen and oxygen atoms in total. The van der Waals surface area contributed by atoms with Crippen LogP contribution in [0, 0.1) is 6.92 Å². The number of aliphatic hydroxyl groups excluding tert-OH is 1. The van der Waals surface area contributed by atoms with Gasteiger partial charge in [0.1, 0.15) is 11.6 Å². The van der Waals surface area contributed by atoms with E-state index in [1.807, 2.05) is 20.8 Å². The van der Waals surface area contributed by atoms with E-state index in [-0.39, 0.29) is 5.97 Å². The number of esters is 1. The molecule has 0 aromatic heterocycles. The van der Waals surface area contributed by atoms with Crippen molar-refractivity contribution >= 4 is 5.97 Å². The Morgan fingerprint density at radius 2 is 2.06 bits per heavy atom. The monoisotopic (exact) mass is 259 g/mol. The first-order chi connectivity index (χ1) is 8.22. The van der Waals surface area contributed by atoms with Crippen LogP contribution in [-0.2, 0) is 9.53 Å². The average Bonchev–Trinajstić information content (AvgIpc) is 2.19. The third-order valence-corrected chi connectivity index (χ3v) is 2.21. The van der Waals surface area contributed by atoms with Crippen molar-refractivity contribution in [2.24, 2.45) is 5.73 Å². The third kappa shape index (κ3) is 10.5. The Balaban J connectivity index is 3.58. The van der Waals surface area contributed by atoms with Crippen LogP contribution in [0.4, 0.5) is 0 Å². The average molecular weight is 259 g/mol. The van der Waals surface area contributed by atoms with Crippen molar-refractivity contribution in [3.05, 3.63) is 6.92 Å². The van der Waals surface area contributed by atoms with E-state index in [1.54, 1.807) is 0 Å². The molecular formula is C13H27N2O3. The van der Waals surface area contributed by atoms with E-state index < -0.39 is 17.7 Å². The van der Waals surface area contributed by atoms with E-state index in [2.05, 4.69) is 12.2 Å². The molecule has 2 atom stereocenters. The van der Waals surface area contributed by atoms with Gasteiger partial charge in [-0.2, -0.15) is 0 Å². The minimum Gasteiger partial charge on any atom is -0.459 e. The first-order valence-corrected chi connectivity index (χ1v) is 6.42. The number of unbranched alkanes of at least 4 members (excludes halogenated alkanes) is 1. The van der Waals surface area contributed by atoms with Gasteiger partial charge in [0.15, 0.2) is 0 Å². The summed E-state index contributed by atoms with van der Waals surface area (Å²) in [6, 6.07) is -0.553. The zero-order valence-electron chi connectivity index (χ0n) is 11.7. The number of hydrogen-bond donors (Lipinski definition) is 3. The van der Waals surface area contributed by atoms with Gasteiger partial charge in [0.25, 0.3) is 0 Å². The number of carbonyl (C=O) groups is 1. The van der Waals surface area contributed by atoms with E-state index in [9.17, 15) is 4.79 Å². The fraction of sp³-hybridized carbons (Fsp3) is 0.846. The van der Waals surface area contributed by atoms with E-state index in [0.717, 1.165) is 19.4 Å². The van der Waals surface area contributed by atoms with Crippen LogP contribution in [0.5, 0.6) is 0 Å². The first-order valence-electron chi connectivity index (χ1n) is 6.42. The second-order valence-corrected chi connectivity index (χ2v) is 5.49. The number of nitrogens with one attached hydrogen (secondary N) is 1. The van der Waals surface area contributed by atoms with Gasteiger partial charge in [-0.1, -0.05) is 6.42 Å². The number of carbonyl (C=O) groups excluding carboxylic acids is 1. The predicted octanol–water partition coefficient (Wildman–Crippen LogP) is 0.610. The molecule has 0 aliphatic rings. The topological polar surface area (TPSA) is 84.6 Å². The van der Waals surface area contributed by atoms with Crippen LogP contribution in [0.15, 0.2) is 0 Å². The molecule has 0 amide bonds. The number of rotatable bonds is 8. The van der Waals surface area contributed by atoms with Crippen LogP contribution in [0.1, 0.15) is 40.0 Å². The summed E-state index contributed by atoms with van der Waals surface area (Å²) in [6.07, 6.45) is 1.79. The summed E-state index contributed by atoms with van der Waals surface area (Å²) in [5.41, 5.74) is 5.26. The van der Waals surface area contributed by atoms with E-state index in [1.165, 1.54) is 0 Å². The standard InChI is InChI=1S/C13H27N2O3/c1-10(16)9-15-8-6-5-7-11(14)12(17)18-13(2,3)4/h10-11,15-16H,1,5-9,14H2,2-4H3. The van der Waals surface area contributed by atoms with Crippen molar-refractivity contribution in [3.8, 4) is 0 Å². The van der Waals surface area contributed by atoms with Crippen molar-refractivity contribution in [1.82, 2.24) is 5.32 Å². The molecule has 0 saturated carbocycles. The number of aliphatic hydroxyl groups is 1. The summed E-state index contributed by atoms with van der Waals surface area (Å²) in [6.45, 7) is 10.2. The molecule has 0 heterocycles. The van der Waals surface area contributed by atoms with Crippen molar-refractivity contribution in [2.75, 3.05) is 13.1 Å². The van der Waals surface area contributed by atoms with E-state index in [4.69, 9.17) is 15.6 Å². The Hall–Kier alpha value is -0.650. The summed E-state index contributed by atoms with van der Waals surface area (Å²) in [5.74, 6) is -0.344. The van der Waals surface area contributed by atoms with Crippen molar-refractivity contribution < 1.29 is 14.6 Å². The maximum atomic E-state index is 11.6. The lowest BCUT2D eigenvalue weighted by Crippen LogP contribution is -2.37. The Bertz CT molecular complexity index is 237. The third-order valence-electron chi connectivity index (χ3n) is 2.21. The number of ether oxygens (including phenoxy) is 1. The quantitative estimate of drug-likeness (QED) is 0.439. The molecule has 0 aliphatic heterocycles. The van der Waals surface area contributed by atoms with Crippen molar-refractivity contribution in [3.63, 3.8) is 0 Å². The van der Waals surface area contributed by atoms with Crippen LogP contribution in [0.25, 0.3) is 0 Å². The van der Waals surface area contributed by atoms with Gasteiger partial charge in [0.2, 0.25) is 0 Å². The minimum absolute atomic E-state index is 0.344. The van der Waals surface area contributed by atoms with E-state index in [0.29, 0.717) is 13.0 Å². The number of nitrogens with two attached hydrogens (primary N) is 1. The SMILES string of the molecule is [CH2]C(O)CNCCCCC(N)C(=O)OC(C)(C)C. The molecule has 107 valence electrons. The smallest absolute Gasteiger partial charge is 0.323 e. The molecule has 0 bridgehead atoms. The van der Waals surface area contributed by atoms with Crippen LogP contribution >= 0.6 is 0 Å². The van der Waals surface area contributed by atoms with Gasteiger partial charge in [-0.25, -0.2) is 0 Å². The molecule has 0 spiro atoms. The molecule has 0 aliphatic carbocycles. The van der Waals surface area contributed by atoms with Crippen LogP contribution < -0.4 is 11.1 Å². The fourth-order valence-electron chi connectivity index (χ4n) is 1.38. The summed E-state index contributed by atoms with van der Waals surface area (Å²) in [7, 11) is 0. The summed E-state index contributed by atoms with van der Waals surface area (Å²) < 4.78 is 5.19. The Kier molecular flexibility index (Phi) is 8.15. The molecule has 0 aromatic rings. The lowest BCUT2D eigenvalue weighted by Gasteiger charge is -2.22. The van der Waals surface area contributed by atoms with Gasteiger partial charge < -0.3 is 20.9 Å². The Morgan fingerprint density at radius 1 is 1.44 bits per heavy atom. The zero-order valence-corrected chi connectivity index (χ0v) is 11.7. The lowest BCUT2D eigenvalue weighted by molar-refractivity contribution is -0.156. The molecule has 2 unspecified atom stereocenters. The molecular weight excluding hydrogens is 232 g/mol. The molecule has 18 heavy (non-hydrogen) atoms. The molecule has 4 N–H and O–H groups in total. The van der Waals surface area contributed by atoms with E-state index >= 15 is 0 Å². The molecule has 0 rings (SSSR count). The molecule has 5 heteroatoms. The molecule has 0 aromatic carbocycles. The zero-order chi connectivity index (χ0) is 14.2. The fourth-order valence-corrected chi connectivity index (χ4v) is 1.38. The molecule has 1 radical (unpaired) electrons. The van der Waals surface area contributed by atoms with Gasteiger partial charge in [0, 0.05) is 6.54 Å². The van der Waals surface area contributed by atoms with Gasteiger partial charge in [-0.3, -0.25) is 4.79 Å². The Morgan fingerprint density at radius 3 is 2.56 bits per heavy atom. The van der Waals surface area contributed by atoms with Gasteiger partial charge in [0.05, 0.1) is 6.10 Å². The van der Waals surface area contributed by atoms with Gasteiger partial charge in [-0.15, -0.1) is 0 Å². The van der Waals surface area contributed by atoms with Crippen molar-refractivity contribution in [2.45, 2.75) is 57.8 Å².